The molecule has 2 unspecified atom stereocenters. The fraction of sp³-hybridized carbons (Fsp3) is 0.900. The summed E-state index contributed by atoms with van der Waals surface area (Å²) in [6, 6.07) is 2.39. The molecule has 14 heavy (non-hydrogen) atoms. The summed E-state index contributed by atoms with van der Waals surface area (Å²) >= 11 is 1.67. The van der Waals surface area contributed by atoms with E-state index in [1.54, 1.807) is 11.8 Å². The molecule has 1 saturated carbocycles. The Kier molecular flexibility index (Phi) is 4.24. The van der Waals surface area contributed by atoms with Crippen molar-refractivity contribution in [2.24, 2.45) is 5.92 Å². The van der Waals surface area contributed by atoms with Crippen LogP contribution < -0.4 is 5.32 Å². The predicted octanol–water partition coefficient (Wildman–Crippen LogP) is 0.992. The van der Waals surface area contributed by atoms with Gasteiger partial charge in [0.05, 0.1) is 12.7 Å². The van der Waals surface area contributed by atoms with Gasteiger partial charge in [-0.2, -0.15) is 17.0 Å². The maximum absolute atomic E-state index is 9.18. The summed E-state index contributed by atoms with van der Waals surface area (Å²) < 4.78 is 0. The van der Waals surface area contributed by atoms with Crippen molar-refractivity contribution < 1.29 is 5.11 Å². The number of rotatable bonds is 6. The van der Waals surface area contributed by atoms with E-state index in [0.717, 1.165) is 18.6 Å². The first-order valence-corrected chi connectivity index (χ1v) is 6.06. The average Bonchev–Trinajstić information content (AvgIpc) is 3.04. The van der Waals surface area contributed by atoms with E-state index in [1.165, 1.54) is 0 Å². The SMILES string of the molecule is CNC(C#N)(CSC(C)CO)C1CC1. The van der Waals surface area contributed by atoms with Crippen LogP contribution in [0.5, 0.6) is 0 Å². The molecule has 2 N–H and O–H groups in total. The number of aliphatic hydroxyl groups excluding tert-OH is 1. The molecular formula is C10H18N2OS. The Balaban J connectivity index is 2.47. The number of thioether (sulfide) groups is 1. The number of nitriles is 1. The summed E-state index contributed by atoms with van der Waals surface area (Å²) in [5.41, 5.74) is -0.367. The Morgan fingerprint density at radius 1 is 1.71 bits per heavy atom. The van der Waals surface area contributed by atoms with E-state index >= 15 is 0 Å². The van der Waals surface area contributed by atoms with E-state index in [1.807, 2.05) is 14.0 Å². The third kappa shape index (κ3) is 2.63. The number of hydrogen-bond acceptors (Lipinski definition) is 4. The molecule has 0 aliphatic heterocycles. The maximum atomic E-state index is 9.18. The normalized spacial score (nSPS) is 22.4. The number of nitrogens with zero attached hydrogens (tertiary/aromatic N) is 1. The smallest absolute Gasteiger partial charge is 0.118 e. The lowest BCUT2D eigenvalue weighted by Crippen LogP contribution is -2.46. The first-order valence-electron chi connectivity index (χ1n) is 5.01. The Labute approximate surface area is 89.9 Å². The fourth-order valence-electron chi connectivity index (χ4n) is 1.48. The Morgan fingerprint density at radius 2 is 2.36 bits per heavy atom. The molecule has 0 bridgehead atoms. The molecule has 0 spiro atoms. The van der Waals surface area contributed by atoms with Gasteiger partial charge in [-0.3, -0.25) is 0 Å². The quantitative estimate of drug-likeness (QED) is 0.692. The second-order valence-corrected chi connectivity index (χ2v) is 5.34. The van der Waals surface area contributed by atoms with Gasteiger partial charge >= 0.3 is 0 Å². The Bertz CT molecular complexity index is 225. The van der Waals surface area contributed by atoms with Crippen molar-refractivity contribution in [2.45, 2.75) is 30.6 Å². The van der Waals surface area contributed by atoms with Gasteiger partial charge in [-0.25, -0.2) is 0 Å². The molecule has 3 nitrogen and oxygen atoms in total. The van der Waals surface area contributed by atoms with Gasteiger partial charge in [-0.15, -0.1) is 0 Å². The summed E-state index contributed by atoms with van der Waals surface area (Å²) in [6.07, 6.45) is 2.31. The molecule has 80 valence electrons. The largest absolute Gasteiger partial charge is 0.395 e. The molecule has 0 aromatic carbocycles. The third-order valence-electron chi connectivity index (χ3n) is 2.77. The zero-order valence-electron chi connectivity index (χ0n) is 8.79. The minimum Gasteiger partial charge on any atom is -0.395 e. The zero-order chi connectivity index (χ0) is 10.6. The first-order chi connectivity index (χ1) is 6.68. The highest BCUT2D eigenvalue weighted by molar-refractivity contribution is 8.00. The molecule has 2 atom stereocenters. The fourth-order valence-corrected chi connectivity index (χ4v) is 2.57. The van der Waals surface area contributed by atoms with Crippen molar-refractivity contribution >= 4 is 11.8 Å². The van der Waals surface area contributed by atoms with Crippen LogP contribution in [0.2, 0.25) is 0 Å². The van der Waals surface area contributed by atoms with Crippen LogP contribution >= 0.6 is 11.8 Å². The van der Waals surface area contributed by atoms with E-state index in [4.69, 9.17) is 5.11 Å². The molecule has 1 aliphatic carbocycles. The van der Waals surface area contributed by atoms with Gasteiger partial charge in [0.25, 0.3) is 0 Å². The van der Waals surface area contributed by atoms with Gasteiger partial charge in [0.1, 0.15) is 5.54 Å². The second kappa shape index (κ2) is 5.01. The Morgan fingerprint density at radius 3 is 2.71 bits per heavy atom. The minimum atomic E-state index is -0.367. The van der Waals surface area contributed by atoms with E-state index in [9.17, 15) is 5.26 Å². The zero-order valence-corrected chi connectivity index (χ0v) is 9.60. The summed E-state index contributed by atoms with van der Waals surface area (Å²) in [4.78, 5) is 0. The van der Waals surface area contributed by atoms with E-state index in [-0.39, 0.29) is 17.4 Å². The minimum absolute atomic E-state index is 0.181. The lowest BCUT2D eigenvalue weighted by Gasteiger charge is -2.26. The highest BCUT2D eigenvalue weighted by Crippen LogP contribution is 2.41. The summed E-state index contributed by atoms with van der Waals surface area (Å²) in [5, 5.41) is 21.5. The van der Waals surface area contributed by atoms with E-state index in [2.05, 4.69) is 11.4 Å². The molecular weight excluding hydrogens is 196 g/mol. The number of hydrogen-bond donors (Lipinski definition) is 2. The molecule has 0 heterocycles. The van der Waals surface area contributed by atoms with Gasteiger partial charge in [0.15, 0.2) is 0 Å². The van der Waals surface area contributed by atoms with Crippen LogP contribution in [0.4, 0.5) is 0 Å². The molecule has 0 aromatic rings. The van der Waals surface area contributed by atoms with Crippen molar-refractivity contribution in [2.75, 3.05) is 19.4 Å². The van der Waals surface area contributed by atoms with Gasteiger partial charge in [-0.05, 0) is 25.8 Å². The molecule has 0 radical (unpaired) electrons. The van der Waals surface area contributed by atoms with Crippen LogP contribution in [0.3, 0.4) is 0 Å². The van der Waals surface area contributed by atoms with Crippen LogP contribution in [-0.2, 0) is 0 Å². The summed E-state index contributed by atoms with van der Waals surface area (Å²) in [7, 11) is 1.85. The Hall–Kier alpha value is -0.240. The highest BCUT2D eigenvalue weighted by Gasteiger charge is 2.44. The lowest BCUT2D eigenvalue weighted by atomic mass is 9.98. The molecule has 1 fully saturated rings. The predicted molar refractivity (Wildman–Crippen MR) is 59.1 cm³/mol. The van der Waals surface area contributed by atoms with E-state index < -0.39 is 0 Å². The molecule has 4 heteroatoms. The van der Waals surface area contributed by atoms with Gasteiger partial charge < -0.3 is 10.4 Å². The van der Waals surface area contributed by atoms with Gasteiger partial charge in [0, 0.05) is 11.0 Å². The van der Waals surface area contributed by atoms with Crippen molar-refractivity contribution in [1.82, 2.24) is 5.32 Å². The highest BCUT2D eigenvalue weighted by atomic mass is 32.2. The van der Waals surface area contributed by atoms with Crippen LogP contribution in [0.15, 0.2) is 0 Å². The van der Waals surface area contributed by atoms with Crippen LogP contribution in [0.25, 0.3) is 0 Å². The van der Waals surface area contributed by atoms with Gasteiger partial charge in [0.2, 0.25) is 0 Å². The molecule has 1 aliphatic rings. The summed E-state index contributed by atoms with van der Waals surface area (Å²) in [5.74, 6) is 1.28. The van der Waals surface area contributed by atoms with Crippen LogP contribution in [0, 0.1) is 17.2 Å². The molecule has 0 saturated heterocycles. The third-order valence-corrected chi connectivity index (χ3v) is 4.11. The van der Waals surface area contributed by atoms with Crippen molar-refractivity contribution in [1.29, 1.82) is 5.26 Å². The van der Waals surface area contributed by atoms with Gasteiger partial charge in [-0.1, -0.05) is 6.92 Å². The van der Waals surface area contributed by atoms with Crippen molar-refractivity contribution in [3.63, 3.8) is 0 Å². The number of aliphatic hydroxyl groups is 1. The van der Waals surface area contributed by atoms with Crippen LogP contribution in [-0.4, -0.2) is 35.3 Å². The van der Waals surface area contributed by atoms with Crippen molar-refractivity contribution in [3.05, 3.63) is 0 Å². The molecule has 1 rings (SSSR count). The second-order valence-electron chi connectivity index (χ2n) is 3.91. The maximum Gasteiger partial charge on any atom is 0.118 e. The topological polar surface area (TPSA) is 56.0 Å². The summed E-state index contributed by atoms with van der Waals surface area (Å²) in [6.45, 7) is 2.16. The average molecular weight is 214 g/mol. The van der Waals surface area contributed by atoms with Crippen LogP contribution in [0.1, 0.15) is 19.8 Å². The van der Waals surface area contributed by atoms with E-state index in [0.29, 0.717) is 5.92 Å². The van der Waals surface area contributed by atoms with Crippen molar-refractivity contribution in [3.8, 4) is 6.07 Å². The number of nitrogens with one attached hydrogen (secondary N) is 1. The monoisotopic (exact) mass is 214 g/mol. The first kappa shape index (κ1) is 11.8. The molecule has 0 aromatic heterocycles. The molecule has 0 amide bonds. The lowest BCUT2D eigenvalue weighted by molar-refractivity contribution is 0.299. The standard InChI is InChI=1S/C10H18N2OS/c1-8(5-13)14-7-10(6-11,12-2)9-3-4-9/h8-9,12-13H,3-5,7H2,1-2H3.